The van der Waals surface area contributed by atoms with Gasteiger partial charge in [-0.15, -0.1) is 0 Å². The van der Waals surface area contributed by atoms with Crippen LogP contribution in [-0.2, 0) is 5.41 Å². The number of halogens is 2. The Hall–Kier alpha value is -0.0600. The van der Waals surface area contributed by atoms with E-state index in [-0.39, 0.29) is 11.4 Å². The van der Waals surface area contributed by atoms with Crippen molar-refractivity contribution >= 4 is 22.6 Å². The second kappa shape index (κ2) is 2.77. The van der Waals surface area contributed by atoms with Crippen LogP contribution in [0.3, 0.4) is 0 Å². The molecule has 1 heterocycles. The van der Waals surface area contributed by atoms with E-state index in [2.05, 4.69) is 48.3 Å². The van der Waals surface area contributed by atoms with Gasteiger partial charge in [-0.05, 0) is 39.6 Å². The van der Waals surface area contributed by atoms with E-state index >= 15 is 0 Å². The first-order valence-corrected chi connectivity index (χ1v) is 4.53. The summed E-state index contributed by atoms with van der Waals surface area (Å²) >= 11 is 2.11. The second-order valence-corrected chi connectivity index (χ2v) is 4.67. The minimum Gasteiger partial charge on any atom is -0.327 e. The van der Waals surface area contributed by atoms with E-state index in [1.54, 1.807) is 6.07 Å². The van der Waals surface area contributed by atoms with Crippen LogP contribution in [0.15, 0.2) is 6.07 Å². The Kier molecular flexibility index (Phi) is 2.27. The molecule has 1 rings (SSSR count). The van der Waals surface area contributed by atoms with Crippen molar-refractivity contribution in [3.8, 4) is 0 Å². The van der Waals surface area contributed by atoms with Crippen LogP contribution in [0.5, 0.6) is 0 Å². The van der Waals surface area contributed by atoms with Crippen LogP contribution < -0.4 is 0 Å². The van der Waals surface area contributed by atoms with Crippen molar-refractivity contribution in [2.45, 2.75) is 26.2 Å². The number of hydrogen-bond donors (Lipinski definition) is 1. The molecular weight excluding hydrogens is 256 g/mol. The quantitative estimate of drug-likeness (QED) is 0.695. The van der Waals surface area contributed by atoms with Crippen molar-refractivity contribution < 1.29 is 4.39 Å². The fraction of sp³-hybridized carbons (Fsp3) is 0.500. The van der Waals surface area contributed by atoms with Crippen molar-refractivity contribution in [3.05, 3.63) is 21.3 Å². The van der Waals surface area contributed by atoms with Crippen LogP contribution in [0.2, 0.25) is 0 Å². The van der Waals surface area contributed by atoms with Crippen molar-refractivity contribution in [3.63, 3.8) is 0 Å². The summed E-state index contributed by atoms with van der Waals surface area (Å²) in [5.74, 6) is -0.251. The molecule has 0 spiro atoms. The molecule has 3 heteroatoms. The first-order chi connectivity index (χ1) is 4.91. The molecule has 0 aliphatic rings. The molecule has 0 atom stereocenters. The zero-order chi connectivity index (χ0) is 8.65. The van der Waals surface area contributed by atoms with Crippen molar-refractivity contribution in [2.75, 3.05) is 0 Å². The van der Waals surface area contributed by atoms with E-state index < -0.39 is 0 Å². The first-order valence-electron chi connectivity index (χ1n) is 3.46. The summed E-state index contributed by atoms with van der Waals surface area (Å²) in [6.45, 7) is 6.20. The summed E-state index contributed by atoms with van der Waals surface area (Å²) in [5.41, 5.74) is 1.06. The fourth-order valence-corrected chi connectivity index (χ4v) is 2.17. The number of aromatic amines is 1. The third-order valence-corrected chi connectivity index (χ3v) is 2.40. The number of H-pyrrole nitrogens is 1. The van der Waals surface area contributed by atoms with Gasteiger partial charge in [-0.25, -0.2) is 0 Å². The van der Waals surface area contributed by atoms with Crippen LogP contribution in [0.1, 0.15) is 26.3 Å². The third kappa shape index (κ3) is 1.95. The monoisotopic (exact) mass is 267 g/mol. The molecular formula is C8H11FIN. The Morgan fingerprint density at radius 1 is 1.45 bits per heavy atom. The van der Waals surface area contributed by atoms with Crippen molar-refractivity contribution in [1.29, 1.82) is 0 Å². The molecule has 1 aromatic heterocycles. The lowest BCUT2D eigenvalue weighted by atomic mass is 9.89. The molecule has 62 valence electrons. The van der Waals surface area contributed by atoms with E-state index in [9.17, 15) is 4.39 Å². The van der Waals surface area contributed by atoms with E-state index in [1.807, 2.05) is 0 Å². The lowest BCUT2D eigenvalue weighted by Gasteiger charge is -2.16. The Bertz CT molecular complexity index is 260. The van der Waals surface area contributed by atoms with Crippen LogP contribution in [0.25, 0.3) is 0 Å². The highest BCUT2D eigenvalue weighted by Gasteiger charge is 2.19. The minimum atomic E-state index is -0.251. The highest BCUT2D eigenvalue weighted by molar-refractivity contribution is 14.1. The Morgan fingerprint density at radius 2 is 2.00 bits per heavy atom. The topological polar surface area (TPSA) is 15.8 Å². The Balaban J connectivity index is 3.13. The van der Waals surface area contributed by atoms with Crippen molar-refractivity contribution in [2.24, 2.45) is 0 Å². The first kappa shape index (κ1) is 9.03. The third-order valence-electron chi connectivity index (χ3n) is 1.54. The molecule has 11 heavy (non-hydrogen) atoms. The molecule has 1 nitrogen and oxygen atoms in total. The van der Waals surface area contributed by atoms with Crippen LogP contribution in [0, 0.1) is 9.65 Å². The lowest BCUT2D eigenvalue weighted by molar-refractivity contribution is 0.578. The summed E-state index contributed by atoms with van der Waals surface area (Å²) in [6.07, 6.45) is 0. The highest BCUT2D eigenvalue weighted by atomic mass is 127. The zero-order valence-corrected chi connectivity index (χ0v) is 8.99. The largest absolute Gasteiger partial charge is 0.327 e. The van der Waals surface area contributed by atoms with Crippen LogP contribution in [0.4, 0.5) is 4.39 Å². The SMILES string of the molecule is CC(C)(C)c1cc(F)[nH]c1I. The molecule has 0 aromatic carbocycles. The number of aromatic nitrogens is 1. The van der Waals surface area contributed by atoms with E-state index in [0.717, 1.165) is 9.26 Å². The number of hydrogen-bond acceptors (Lipinski definition) is 0. The summed E-state index contributed by atoms with van der Waals surface area (Å²) < 4.78 is 13.6. The zero-order valence-electron chi connectivity index (χ0n) is 6.83. The Morgan fingerprint density at radius 3 is 2.18 bits per heavy atom. The molecule has 0 saturated heterocycles. The molecule has 0 aliphatic carbocycles. The van der Waals surface area contributed by atoms with Gasteiger partial charge >= 0.3 is 0 Å². The van der Waals surface area contributed by atoms with Gasteiger partial charge in [0.15, 0.2) is 5.95 Å². The van der Waals surface area contributed by atoms with Gasteiger partial charge in [-0.2, -0.15) is 4.39 Å². The number of rotatable bonds is 0. The molecule has 0 saturated carbocycles. The van der Waals surface area contributed by atoms with E-state index in [4.69, 9.17) is 0 Å². The normalized spacial score (nSPS) is 12.1. The maximum absolute atomic E-state index is 12.7. The van der Waals surface area contributed by atoms with Gasteiger partial charge in [0.05, 0.1) is 3.70 Å². The van der Waals surface area contributed by atoms with E-state index in [0.29, 0.717) is 0 Å². The summed E-state index contributed by atoms with van der Waals surface area (Å²) in [4.78, 5) is 2.63. The average Bonchev–Trinajstić information content (AvgIpc) is 2.08. The lowest BCUT2D eigenvalue weighted by Crippen LogP contribution is -2.11. The number of nitrogens with one attached hydrogen (secondary N) is 1. The van der Waals surface area contributed by atoms with Gasteiger partial charge < -0.3 is 4.98 Å². The fourth-order valence-electron chi connectivity index (χ4n) is 0.944. The van der Waals surface area contributed by atoms with Gasteiger partial charge in [0.25, 0.3) is 0 Å². The van der Waals surface area contributed by atoms with Gasteiger partial charge in [-0.1, -0.05) is 20.8 Å². The standard InChI is InChI=1S/C8H11FIN/c1-8(2,3)5-4-6(9)11-7(5)10/h4,11H,1-3H3. The maximum atomic E-state index is 12.7. The highest BCUT2D eigenvalue weighted by Crippen LogP contribution is 2.27. The van der Waals surface area contributed by atoms with E-state index in [1.165, 1.54) is 0 Å². The molecule has 0 fully saturated rings. The van der Waals surface area contributed by atoms with Crippen LogP contribution >= 0.6 is 22.6 Å². The molecule has 0 radical (unpaired) electrons. The second-order valence-electron chi connectivity index (χ2n) is 3.59. The maximum Gasteiger partial charge on any atom is 0.192 e. The molecule has 1 aromatic rings. The smallest absolute Gasteiger partial charge is 0.192 e. The van der Waals surface area contributed by atoms with Crippen molar-refractivity contribution in [1.82, 2.24) is 4.98 Å². The van der Waals surface area contributed by atoms with Gasteiger partial charge in [0, 0.05) is 0 Å². The predicted octanol–water partition coefficient (Wildman–Crippen LogP) is 3.06. The molecule has 0 bridgehead atoms. The Labute approximate surface area is 79.5 Å². The van der Waals surface area contributed by atoms with Crippen LogP contribution in [-0.4, -0.2) is 4.98 Å². The molecule has 0 amide bonds. The van der Waals surface area contributed by atoms with Gasteiger partial charge in [0.2, 0.25) is 0 Å². The summed E-state index contributed by atoms with van der Waals surface area (Å²) in [7, 11) is 0. The minimum absolute atomic E-state index is 0.0252. The molecule has 0 aliphatic heterocycles. The molecule has 1 N–H and O–H groups in total. The summed E-state index contributed by atoms with van der Waals surface area (Å²) in [6, 6.07) is 1.56. The van der Waals surface area contributed by atoms with Gasteiger partial charge in [-0.3, -0.25) is 0 Å². The average molecular weight is 267 g/mol. The van der Waals surface area contributed by atoms with Gasteiger partial charge in [0.1, 0.15) is 0 Å². The summed E-state index contributed by atoms with van der Waals surface area (Å²) in [5, 5.41) is 0. The predicted molar refractivity (Wildman–Crippen MR) is 52.2 cm³/mol. The molecule has 0 unspecified atom stereocenters.